The van der Waals surface area contributed by atoms with Gasteiger partial charge in [-0.1, -0.05) is 13.3 Å². The van der Waals surface area contributed by atoms with Crippen molar-refractivity contribution < 1.29 is 26.7 Å². The summed E-state index contributed by atoms with van der Waals surface area (Å²) in [5.41, 5.74) is 0. The molecule has 0 radical (unpaired) electrons. The van der Waals surface area contributed by atoms with Crippen LogP contribution in [0.2, 0.25) is 0 Å². The molecule has 0 bridgehead atoms. The molecular formula is C7H11F5O. The van der Waals surface area contributed by atoms with Gasteiger partial charge in [0.05, 0.1) is 0 Å². The number of halogens is 5. The molecule has 0 aromatic heterocycles. The molecule has 1 atom stereocenters. The highest BCUT2D eigenvalue weighted by molar-refractivity contribution is 4.84. The number of methoxy groups -OCH3 is 1. The maximum Gasteiger partial charge on any atom is 0.422 e. The van der Waals surface area contributed by atoms with Crippen molar-refractivity contribution in [2.75, 3.05) is 7.11 Å². The SMILES string of the molecule is CCCC(F)C(F)(F)C(F)(F)OC. The second-order valence-electron chi connectivity index (χ2n) is 2.60. The molecule has 0 saturated heterocycles. The van der Waals surface area contributed by atoms with E-state index in [1.54, 1.807) is 0 Å². The summed E-state index contributed by atoms with van der Waals surface area (Å²) in [6.07, 6.45) is -8.18. The van der Waals surface area contributed by atoms with Crippen molar-refractivity contribution in [2.45, 2.75) is 38.0 Å². The Kier molecular flexibility index (Phi) is 4.09. The standard InChI is InChI=1S/C7H11F5O/c1-3-4-5(8)6(9,10)7(11,12)13-2/h5H,3-4H2,1-2H3. The van der Waals surface area contributed by atoms with Gasteiger partial charge < -0.3 is 4.74 Å². The molecule has 1 unspecified atom stereocenters. The van der Waals surface area contributed by atoms with E-state index in [2.05, 4.69) is 4.74 Å². The van der Waals surface area contributed by atoms with Crippen LogP contribution in [0.4, 0.5) is 22.0 Å². The zero-order valence-electron chi connectivity index (χ0n) is 7.29. The van der Waals surface area contributed by atoms with Crippen LogP contribution >= 0.6 is 0 Å². The first-order valence-electron chi connectivity index (χ1n) is 3.74. The molecule has 0 amide bonds. The normalized spacial score (nSPS) is 15.9. The molecule has 0 rings (SSSR count). The minimum atomic E-state index is -4.77. The predicted molar refractivity (Wildman–Crippen MR) is 36.7 cm³/mol. The van der Waals surface area contributed by atoms with Crippen LogP contribution in [0.3, 0.4) is 0 Å². The summed E-state index contributed by atoms with van der Waals surface area (Å²) in [7, 11) is 0.409. The van der Waals surface area contributed by atoms with Gasteiger partial charge in [0.15, 0.2) is 6.17 Å². The molecule has 0 aliphatic rings. The maximum absolute atomic E-state index is 12.6. The van der Waals surface area contributed by atoms with Gasteiger partial charge in [0, 0.05) is 7.11 Å². The van der Waals surface area contributed by atoms with Crippen molar-refractivity contribution >= 4 is 0 Å². The highest BCUT2D eigenvalue weighted by atomic mass is 19.3. The fraction of sp³-hybridized carbons (Fsp3) is 1.00. The van der Waals surface area contributed by atoms with Gasteiger partial charge in [-0.05, 0) is 6.42 Å². The van der Waals surface area contributed by atoms with Crippen LogP contribution in [0, 0.1) is 0 Å². The number of ether oxygens (including phenoxy) is 1. The number of hydrogen-bond donors (Lipinski definition) is 0. The van der Waals surface area contributed by atoms with E-state index in [0.29, 0.717) is 7.11 Å². The van der Waals surface area contributed by atoms with E-state index >= 15 is 0 Å². The van der Waals surface area contributed by atoms with Crippen molar-refractivity contribution in [3.8, 4) is 0 Å². The van der Waals surface area contributed by atoms with Crippen LogP contribution in [0.15, 0.2) is 0 Å². The maximum atomic E-state index is 12.6. The smallest absolute Gasteiger partial charge is 0.319 e. The van der Waals surface area contributed by atoms with E-state index in [1.807, 2.05) is 0 Å². The molecule has 1 nitrogen and oxygen atoms in total. The Bertz CT molecular complexity index is 159. The molecule has 0 spiro atoms. The average molecular weight is 206 g/mol. The number of rotatable bonds is 5. The first kappa shape index (κ1) is 12.6. The molecule has 80 valence electrons. The summed E-state index contributed by atoms with van der Waals surface area (Å²) in [6.45, 7) is 1.42. The van der Waals surface area contributed by atoms with Crippen LogP contribution in [0.25, 0.3) is 0 Å². The van der Waals surface area contributed by atoms with Crippen LogP contribution in [0.1, 0.15) is 19.8 Å². The van der Waals surface area contributed by atoms with Gasteiger partial charge in [-0.2, -0.15) is 17.6 Å². The topological polar surface area (TPSA) is 9.23 Å². The molecule has 0 aliphatic heterocycles. The minimum Gasteiger partial charge on any atom is -0.319 e. The second kappa shape index (κ2) is 4.21. The van der Waals surface area contributed by atoms with E-state index in [-0.39, 0.29) is 6.42 Å². The predicted octanol–water partition coefficient (Wildman–Crippen LogP) is 3.00. The van der Waals surface area contributed by atoms with Gasteiger partial charge in [0.25, 0.3) is 0 Å². The molecule has 0 heterocycles. The molecule has 0 aliphatic carbocycles. The Labute approximate surface area is 72.9 Å². The van der Waals surface area contributed by atoms with Crippen LogP contribution in [-0.4, -0.2) is 25.3 Å². The van der Waals surface area contributed by atoms with Crippen LogP contribution in [0.5, 0.6) is 0 Å². The number of hydrogen-bond acceptors (Lipinski definition) is 1. The molecule has 0 N–H and O–H groups in total. The highest BCUT2D eigenvalue weighted by Crippen LogP contribution is 2.40. The largest absolute Gasteiger partial charge is 0.422 e. The van der Waals surface area contributed by atoms with Gasteiger partial charge in [-0.3, -0.25) is 0 Å². The third-order valence-corrected chi connectivity index (χ3v) is 1.58. The molecule has 13 heavy (non-hydrogen) atoms. The zero-order valence-corrected chi connectivity index (χ0v) is 7.29. The molecule has 0 fully saturated rings. The van der Waals surface area contributed by atoms with Crippen LogP contribution in [-0.2, 0) is 4.74 Å². The van der Waals surface area contributed by atoms with Gasteiger partial charge in [-0.25, -0.2) is 4.39 Å². The summed E-state index contributed by atoms with van der Waals surface area (Å²) in [5, 5.41) is 0. The quantitative estimate of drug-likeness (QED) is 0.628. The van der Waals surface area contributed by atoms with E-state index in [9.17, 15) is 22.0 Å². The van der Waals surface area contributed by atoms with E-state index in [1.165, 1.54) is 6.92 Å². The Balaban J connectivity index is 4.53. The van der Waals surface area contributed by atoms with Gasteiger partial charge in [-0.15, -0.1) is 0 Å². The molecule has 0 saturated carbocycles. The Hall–Kier alpha value is -0.390. The summed E-state index contributed by atoms with van der Waals surface area (Å²) in [6, 6.07) is 0. The lowest BCUT2D eigenvalue weighted by molar-refractivity contribution is -0.353. The number of alkyl halides is 5. The van der Waals surface area contributed by atoms with E-state index in [4.69, 9.17) is 0 Å². The Morgan fingerprint density at radius 1 is 1.23 bits per heavy atom. The van der Waals surface area contributed by atoms with Crippen molar-refractivity contribution in [2.24, 2.45) is 0 Å². The fourth-order valence-electron chi connectivity index (χ4n) is 0.753. The molecule has 6 heteroatoms. The van der Waals surface area contributed by atoms with Gasteiger partial charge in [0.2, 0.25) is 0 Å². The van der Waals surface area contributed by atoms with Crippen molar-refractivity contribution in [1.82, 2.24) is 0 Å². The lowest BCUT2D eigenvalue weighted by atomic mass is 10.1. The molecule has 0 aromatic carbocycles. The van der Waals surface area contributed by atoms with Crippen molar-refractivity contribution in [3.63, 3.8) is 0 Å². The molecular weight excluding hydrogens is 195 g/mol. The van der Waals surface area contributed by atoms with Crippen LogP contribution < -0.4 is 0 Å². The lowest BCUT2D eigenvalue weighted by Gasteiger charge is -2.27. The average Bonchev–Trinajstić information content (AvgIpc) is 2.04. The highest BCUT2D eigenvalue weighted by Gasteiger charge is 2.62. The first-order chi connectivity index (χ1) is 5.79. The second-order valence-corrected chi connectivity index (χ2v) is 2.60. The van der Waals surface area contributed by atoms with E-state index in [0.717, 1.165) is 0 Å². The zero-order chi connectivity index (χ0) is 10.7. The molecule has 0 aromatic rings. The summed E-state index contributed by atoms with van der Waals surface area (Å²) < 4.78 is 65.4. The first-order valence-corrected chi connectivity index (χ1v) is 3.74. The third kappa shape index (κ3) is 2.52. The Morgan fingerprint density at radius 3 is 2.00 bits per heavy atom. The monoisotopic (exact) mass is 206 g/mol. The lowest BCUT2D eigenvalue weighted by Crippen LogP contribution is -2.49. The minimum absolute atomic E-state index is 0.0660. The fourth-order valence-corrected chi connectivity index (χ4v) is 0.753. The van der Waals surface area contributed by atoms with Crippen molar-refractivity contribution in [1.29, 1.82) is 0 Å². The Morgan fingerprint density at radius 2 is 1.69 bits per heavy atom. The van der Waals surface area contributed by atoms with Gasteiger partial charge >= 0.3 is 12.0 Å². The van der Waals surface area contributed by atoms with Gasteiger partial charge in [0.1, 0.15) is 0 Å². The summed E-state index contributed by atoms with van der Waals surface area (Å²) in [4.78, 5) is 0. The van der Waals surface area contributed by atoms with E-state index < -0.39 is 24.6 Å². The summed E-state index contributed by atoms with van der Waals surface area (Å²) >= 11 is 0. The summed E-state index contributed by atoms with van der Waals surface area (Å²) in [5.74, 6) is -4.77. The van der Waals surface area contributed by atoms with Crippen molar-refractivity contribution in [3.05, 3.63) is 0 Å². The third-order valence-electron chi connectivity index (χ3n) is 1.58.